The van der Waals surface area contributed by atoms with E-state index in [-0.39, 0.29) is 18.0 Å². The van der Waals surface area contributed by atoms with Gasteiger partial charge in [-0.25, -0.2) is 4.79 Å². The van der Waals surface area contributed by atoms with E-state index in [1.807, 2.05) is 25.1 Å². The molecule has 0 N–H and O–H groups in total. The van der Waals surface area contributed by atoms with Gasteiger partial charge in [0, 0.05) is 23.8 Å². The molecule has 134 valence electrons. The lowest BCUT2D eigenvalue weighted by Gasteiger charge is -2.07. The minimum absolute atomic E-state index is 0.0683. The third kappa shape index (κ3) is 3.83. The van der Waals surface area contributed by atoms with Crippen LogP contribution in [0.25, 0.3) is 12.2 Å². The van der Waals surface area contributed by atoms with E-state index in [1.54, 1.807) is 31.5 Å². The van der Waals surface area contributed by atoms with Gasteiger partial charge >= 0.3 is 5.69 Å². The van der Waals surface area contributed by atoms with Crippen LogP contribution in [0.2, 0.25) is 5.02 Å². The van der Waals surface area contributed by atoms with Gasteiger partial charge in [0.15, 0.2) is 5.82 Å². The van der Waals surface area contributed by atoms with Crippen molar-refractivity contribution < 1.29 is 4.52 Å². The van der Waals surface area contributed by atoms with Gasteiger partial charge in [-0.05, 0) is 30.2 Å². The van der Waals surface area contributed by atoms with Gasteiger partial charge in [0.1, 0.15) is 6.54 Å². The Bertz CT molecular complexity index is 1060. The first kappa shape index (κ1) is 17.9. The summed E-state index contributed by atoms with van der Waals surface area (Å²) in [7, 11) is 1.60. The number of benzene rings is 1. The van der Waals surface area contributed by atoms with E-state index < -0.39 is 5.69 Å². The fourth-order valence-corrected chi connectivity index (χ4v) is 2.58. The molecule has 2 heterocycles. The molecule has 8 heteroatoms. The van der Waals surface area contributed by atoms with Crippen LogP contribution >= 0.6 is 11.6 Å². The van der Waals surface area contributed by atoms with Crippen molar-refractivity contribution in [2.45, 2.75) is 19.9 Å². The molecule has 0 spiro atoms. The molecule has 1 aromatic carbocycles. The molecule has 7 nitrogen and oxygen atoms in total. The van der Waals surface area contributed by atoms with Crippen LogP contribution in [0, 0.1) is 0 Å². The zero-order valence-electron chi connectivity index (χ0n) is 14.3. The first-order valence-corrected chi connectivity index (χ1v) is 8.41. The molecule has 0 aliphatic rings. The maximum Gasteiger partial charge on any atom is 0.331 e. The maximum absolute atomic E-state index is 12.4. The Kier molecular flexibility index (Phi) is 5.18. The lowest BCUT2D eigenvalue weighted by atomic mass is 10.2. The number of hydrogen-bond donors (Lipinski definition) is 0. The smallest absolute Gasteiger partial charge is 0.331 e. The van der Waals surface area contributed by atoms with Gasteiger partial charge in [0.2, 0.25) is 5.89 Å². The molecule has 0 aliphatic carbocycles. The highest BCUT2D eigenvalue weighted by Crippen LogP contribution is 2.12. The van der Waals surface area contributed by atoms with Crippen molar-refractivity contribution in [3.05, 3.63) is 79.2 Å². The number of halogens is 1. The molecule has 0 fully saturated rings. The fourth-order valence-electron chi connectivity index (χ4n) is 2.46. The van der Waals surface area contributed by atoms with Crippen LogP contribution in [-0.2, 0) is 20.0 Å². The van der Waals surface area contributed by atoms with Gasteiger partial charge in [-0.3, -0.25) is 9.36 Å². The van der Waals surface area contributed by atoms with Crippen molar-refractivity contribution in [2.75, 3.05) is 0 Å². The van der Waals surface area contributed by atoms with Crippen LogP contribution in [0.5, 0.6) is 0 Å². The monoisotopic (exact) mass is 372 g/mol. The molecule has 3 aromatic rings. The Balaban J connectivity index is 1.83. The molecule has 0 amide bonds. The summed E-state index contributed by atoms with van der Waals surface area (Å²) in [4.78, 5) is 28.8. The third-order valence-electron chi connectivity index (χ3n) is 3.85. The fraction of sp³-hybridized carbons (Fsp3) is 0.222. The Morgan fingerprint density at radius 1 is 1.19 bits per heavy atom. The number of aromatic nitrogens is 4. The highest BCUT2D eigenvalue weighted by atomic mass is 35.5. The van der Waals surface area contributed by atoms with Gasteiger partial charge in [-0.15, -0.1) is 0 Å². The van der Waals surface area contributed by atoms with Gasteiger partial charge in [-0.2, -0.15) is 4.98 Å². The van der Waals surface area contributed by atoms with Crippen molar-refractivity contribution >= 4 is 23.8 Å². The molecule has 0 saturated carbocycles. The van der Waals surface area contributed by atoms with Crippen LogP contribution in [0.4, 0.5) is 0 Å². The molecule has 0 saturated heterocycles. The summed E-state index contributed by atoms with van der Waals surface area (Å²) < 4.78 is 7.63. The van der Waals surface area contributed by atoms with Gasteiger partial charge < -0.3 is 9.09 Å². The zero-order chi connectivity index (χ0) is 18.7. The minimum atomic E-state index is -0.427. The molecule has 0 bridgehead atoms. The summed E-state index contributed by atoms with van der Waals surface area (Å²) in [6.07, 6.45) is 5.58. The third-order valence-corrected chi connectivity index (χ3v) is 4.11. The summed E-state index contributed by atoms with van der Waals surface area (Å²) >= 11 is 5.85. The molecule has 0 unspecified atom stereocenters. The van der Waals surface area contributed by atoms with Gasteiger partial charge in [0.05, 0.1) is 0 Å². The van der Waals surface area contributed by atoms with Crippen LogP contribution in [-0.4, -0.2) is 19.3 Å². The second-order valence-corrected chi connectivity index (χ2v) is 6.16. The van der Waals surface area contributed by atoms with Crippen molar-refractivity contribution in [3.63, 3.8) is 0 Å². The predicted molar refractivity (Wildman–Crippen MR) is 99.1 cm³/mol. The Hall–Kier alpha value is -2.93. The van der Waals surface area contributed by atoms with Crippen LogP contribution in [0.15, 0.2) is 44.6 Å². The van der Waals surface area contributed by atoms with Crippen molar-refractivity contribution in [3.8, 4) is 0 Å². The molecular weight excluding hydrogens is 356 g/mol. The van der Waals surface area contributed by atoms with Crippen LogP contribution in [0.3, 0.4) is 0 Å². The molecule has 3 rings (SSSR count). The summed E-state index contributed by atoms with van der Waals surface area (Å²) in [6, 6.07) is 7.29. The number of aryl methyl sites for hydroxylation is 2. The summed E-state index contributed by atoms with van der Waals surface area (Å²) in [5, 5.41) is 4.50. The number of rotatable bonds is 5. The predicted octanol–water partition coefficient (Wildman–Crippen LogP) is 2.36. The van der Waals surface area contributed by atoms with E-state index in [0.717, 1.165) is 10.1 Å². The van der Waals surface area contributed by atoms with Gasteiger partial charge in [0.25, 0.3) is 5.56 Å². The Labute approximate surface area is 154 Å². The SMILES string of the molecule is CCc1cn(C)c(=O)n(Cc2nc(/C=C/c3ccc(Cl)cc3)no2)c1=O. The zero-order valence-corrected chi connectivity index (χ0v) is 15.1. The van der Waals surface area contributed by atoms with Crippen molar-refractivity contribution in [1.29, 1.82) is 0 Å². The summed E-state index contributed by atoms with van der Waals surface area (Å²) in [5.41, 5.74) is 0.715. The van der Waals surface area contributed by atoms with E-state index in [4.69, 9.17) is 16.1 Å². The first-order valence-electron chi connectivity index (χ1n) is 8.03. The standard InChI is InChI=1S/C18H17ClN4O3/c1-3-13-10-22(2)18(25)23(17(13)24)11-16-20-15(21-26-16)9-6-12-4-7-14(19)8-5-12/h4-10H,3,11H2,1-2H3/b9-6+. The number of hydrogen-bond acceptors (Lipinski definition) is 5. The van der Waals surface area contributed by atoms with Crippen LogP contribution in [0.1, 0.15) is 29.8 Å². The van der Waals surface area contributed by atoms with Crippen molar-refractivity contribution in [2.24, 2.45) is 7.05 Å². The van der Waals surface area contributed by atoms with E-state index in [9.17, 15) is 9.59 Å². The molecular formula is C18H17ClN4O3. The Morgan fingerprint density at radius 3 is 2.62 bits per heavy atom. The van der Waals surface area contributed by atoms with E-state index in [1.165, 1.54) is 4.57 Å². The second-order valence-electron chi connectivity index (χ2n) is 5.72. The molecule has 0 atom stereocenters. The topological polar surface area (TPSA) is 82.9 Å². The summed E-state index contributed by atoms with van der Waals surface area (Å²) in [6.45, 7) is 1.79. The van der Waals surface area contributed by atoms with E-state index >= 15 is 0 Å². The average molecular weight is 373 g/mol. The highest BCUT2D eigenvalue weighted by Gasteiger charge is 2.12. The quantitative estimate of drug-likeness (QED) is 0.686. The molecule has 26 heavy (non-hydrogen) atoms. The lowest BCUT2D eigenvalue weighted by Crippen LogP contribution is -2.40. The van der Waals surface area contributed by atoms with E-state index in [0.29, 0.717) is 22.8 Å². The minimum Gasteiger partial charge on any atom is -0.337 e. The van der Waals surface area contributed by atoms with Gasteiger partial charge in [-0.1, -0.05) is 41.9 Å². The molecule has 2 aromatic heterocycles. The maximum atomic E-state index is 12.4. The van der Waals surface area contributed by atoms with E-state index in [2.05, 4.69) is 10.1 Å². The largest absolute Gasteiger partial charge is 0.337 e. The number of nitrogens with zero attached hydrogens (tertiary/aromatic N) is 4. The summed E-state index contributed by atoms with van der Waals surface area (Å²) in [5.74, 6) is 0.541. The lowest BCUT2D eigenvalue weighted by molar-refractivity contribution is 0.364. The van der Waals surface area contributed by atoms with Crippen molar-refractivity contribution in [1.82, 2.24) is 19.3 Å². The average Bonchev–Trinajstić information content (AvgIpc) is 3.09. The Morgan fingerprint density at radius 2 is 1.92 bits per heavy atom. The van der Waals surface area contributed by atoms with Crippen LogP contribution < -0.4 is 11.2 Å². The highest BCUT2D eigenvalue weighted by molar-refractivity contribution is 6.30. The first-order chi connectivity index (χ1) is 12.5. The molecule has 0 radical (unpaired) electrons. The molecule has 0 aliphatic heterocycles. The normalized spacial score (nSPS) is 11.3. The second kappa shape index (κ2) is 7.53.